The zero-order valence-corrected chi connectivity index (χ0v) is 10.7. The van der Waals surface area contributed by atoms with Crippen LogP contribution in [0.3, 0.4) is 0 Å². The van der Waals surface area contributed by atoms with E-state index in [-0.39, 0.29) is 23.5 Å². The quantitative estimate of drug-likeness (QED) is 0.721. The van der Waals surface area contributed by atoms with Crippen LogP contribution >= 0.6 is 0 Å². The number of rotatable bonds is 5. The number of carbonyl (C=O) groups is 1. The predicted octanol–water partition coefficient (Wildman–Crippen LogP) is -0.368. The summed E-state index contributed by atoms with van der Waals surface area (Å²) in [6.45, 7) is 2.63. The van der Waals surface area contributed by atoms with E-state index in [9.17, 15) is 13.2 Å². The standard InChI is InChI=1S/C10H20N2O3S/c1-3-16(14,15)8-7-12-6-4-5-9(11-2)10(12)13/h9,11H,3-8H2,1-2H3. The maximum Gasteiger partial charge on any atom is 0.239 e. The van der Waals surface area contributed by atoms with Gasteiger partial charge >= 0.3 is 0 Å². The van der Waals surface area contributed by atoms with E-state index >= 15 is 0 Å². The number of likely N-dealkylation sites (N-methyl/N-ethyl adjacent to an activating group) is 1. The first-order valence-corrected chi connectivity index (χ1v) is 7.48. The van der Waals surface area contributed by atoms with E-state index in [0.717, 1.165) is 12.8 Å². The summed E-state index contributed by atoms with van der Waals surface area (Å²) in [4.78, 5) is 13.5. The van der Waals surface area contributed by atoms with Crippen molar-refractivity contribution in [2.75, 3.05) is 31.6 Å². The van der Waals surface area contributed by atoms with Crippen LogP contribution < -0.4 is 5.32 Å². The first-order valence-electron chi connectivity index (χ1n) is 5.66. The number of piperidine rings is 1. The highest BCUT2D eigenvalue weighted by Gasteiger charge is 2.27. The summed E-state index contributed by atoms with van der Waals surface area (Å²) in [6.07, 6.45) is 1.77. The van der Waals surface area contributed by atoms with Crippen molar-refractivity contribution >= 4 is 15.7 Å². The second kappa shape index (κ2) is 5.63. The van der Waals surface area contributed by atoms with Crippen LogP contribution in [0.15, 0.2) is 0 Å². The van der Waals surface area contributed by atoms with Crippen molar-refractivity contribution in [1.29, 1.82) is 0 Å². The fourth-order valence-corrected chi connectivity index (χ4v) is 2.61. The molecule has 1 rings (SSSR count). The first-order chi connectivity index (χ1) is 7.50. The minimum absolute atomic E-state index is 0.0278. The third-order valence-electron chi connectivity index (χ3n) is 2.99. The van der Waals surface area contributed by atoms with Gasteiger partial charge in [-0.1, -0.05) is 6.92 Å². The molecule has 1 saturated heterocycles. The lowest BCUT2D eigenvalue weighted by Gasteiger charge is -2.31. The number of hydrogen-bond acceptors (Lipinski definition) is 4. The summed E-state index contributed by atoms with van der Waals surface area (Å²) in [5.41, 5.74) is 0. The Hall–Kier alpha value is -0.620. The van der Waals surface area contributed by atoms with Crippen molar-refractivity contribution in [1.82, 2.24) is 10.2 Å². The smallest absolute Gasteiger partial charge is 0.239 e. The van der Waals surface area contributed by atoms with Gasteiger partial charge in [0.25, 0.3) is 0 Å². The van der Waals surface area contributed by atoms with E-state index in [1.165, 1.54) is 0 Å². The number of sulfone groups is 1. The van der Waals surface area contributed by atoms with Gasteiger partial charge in [0.05, 0.1) is 11.8 Å². The van der Waals surface area contributed by atoms with Gasteiger partial charge in [0.1, 0.15) is 0 Å². The van der Waals surface area contributed by atoms with E-state index in [1.54, 1.807) is 18.9 Å². The number of nitrogens with zero attached hydrogens (tertiary/aromatic N) is 1. The average molecular weight is 248 g/mol. The van der Waals surface area contributed by atoms with Crippen molar-refractivity contribution < 1.29 is 13.2 Å². The Morgan fingerprint density at radius 2 is 2.19 bits per heavy atom. The zero-order chi connectivity index (χ0) is 12.2. The van der Waals surface area contributed by atoms with Gasteiger partial charge in [-0.15, -0.1) is 0 Å². The maximum absolute atomic E-state index is 11.8. The molecule has 1 amide bonds. The van der Waals surface area contributed by atoms with Crippen molar-refractivity contribution in [2.24, 2.45) is 0 Å². The van der Waals surface area contributed by atoms with Crippen LogP contribution in [0, 0.1) is 0 Å². The number of hydrogen-bond donors (Lipinski definition) is 1. The minimum Gasteiger partial charge on any atom is -0.340 e. The van der Waals surface area contributed by atoms with Crippen LogP contribution in [0.2, 0.25) is 0 Å². The first kappa shape index (κ1) is 13.4. The fourth-order valence-electron chi connectivity index (χ4n) is 1.82. The summed E-state index contributed by atoms with van der Waals surface area (Å²) in [6, 6.07) is -0.141. The van der Waals surface area contributed by atoms with E-state index in [1.807, 2.05) is 0 Å². The Bertz CT molecular complexity index is 340. The monoisotopic (exact) mass is 248 g/mol. The Morgan fingerprint density at radius 3 is 2.75 bits per heavy atom. The number of likely N-dealkylation sites (tertiary alicyclic amines) is 1. The molecular formula is C10H20N2O3S. The van der Waals surface area contributed by atoms with Crippen LogP contribution in [-0.4, -0.2) is 56.9 Å². The molecule has 94 valence electrons. The molecule has 0 aromatic rings. The summed E-state index contributed by atoms with van der Waals surface area (Å²) in [5.74, 6) is 0.246. The van der Waals surface area contributed by atoms with Crippen molar-refractivity contribution in [3.63, 3.8) is 0 Å². The second-order valence-corrected chi connectivity index (χ2v) is 6.52. The highest BCUT2D eigenvalue weighted by Crippen LogP contribution is 2.11. The summed E-state index contributed by atoms with van der Waals surface area (Å²) >= 11 is 0. The molecule has 0 aliphatic carbocycles. The van der Waals surface area contributed by atoms with Gasteiger partial charge in [0.2, 0.25) is 5.91 Å². The molecule has 0 bridgehead atoms. The van der Waals surface area contributed by atoms with Crippen LogP contribution in [0.1, 0.15) is 19.8 Å². The Kier molecular flexibility index (Phi) is 4.73. The minimum atomic E-state index is -2.98. The summed E-state index contributed by atoms with van der Waals surface area (Å²) in [7, 11) is -1.22. The third-order valence-corrected chi connectivity index (χ3v) is 4.68. The van der Waals surface area contributed by atoms with Gasteiger partial charge in [0.15, 0.2) is 9.84 Å². The molecule has 0 aromatic carbocycles. The van der Waals surface area contributed by atoms with Crippen LogP contribution in [0.5, 0.6) is 0 Å². The van der Waals surface area contributed by atoms with E-state index in [0.29, 0.717) is 13.1 Å². The maximum atomic E-state index is 11.8. The van der Waals surface area contributed by atoms with Crippen molar-refractivity contribution in [3.05, 3.63) is 0 Å². The van der Waals surface area contributed by atoms with Gasteiger partial charge in [-0.2, -0.15) is 0 Å². The lowest BCUT2D eigenvalue weighted by molar-refractivity contribution is -0.135. The zero-order valence-electron chi connectivity index (χ0n) is 9.90. The molecule has 6 heteroatoms. The van der Waals surface area contributed by atoms with E-state index in [4.69, 9.17) is 0 Å². The normalized spacial score (nSPS) is 22.5. The van der Waals surface area contributed by atoms with E-state index in [2.05, 4.69) is 5.32 Å². The second-order valence-electron chi connectivity index (χ2n) is 4.05. The van der Waals surface area contributed by atoms with Gasteiger partial charge in [-0.25, -0.2) is 8.42 Å². The molecule has 0 aromatic heterocycles. The molecule has 1 aliphatic heterocycles. The van der Waals surface area contributed by atoms with Crippen LogP contribution in [0.4, 0.5) is 0 Å². The molecule has 5 nitrogen and oxygen atoms in total. The number of amides is 1. The lowest BCUT2D eigenvalue weighted by atomic mass is 10.1. The Balaban J connectivity index is 2.51. The SMILES string of the molecule is CCS(=O)(=O)CCN1CCCC(NC)C1=O. The molecule has 1 N–H and O–H groups in total. The Labute approximate surface area is 97.1 Å². The van der Waals surface area contributed by atoms with Gasteiger partial charge in [-0.3, -0.25) is 4.79 Å². The summed E-state index contributed by atoms with van der Waals surface area (Å²) in [5, 5.41) is 2.95. The third kappa shape index (κ3) is 3.45. The molecule has 0 spiro atoms. The molecule has 0 saturated carbocycles. The molecule has 0 radical (unpaired) electrons. The number of nitrogens with one attached hydrogen (secondary N) is 1. The van der Waals surface area contributed by atoms with Crippen molar-refractivity contribution in [2.45, 2.75) is 25.8 Å². The highest BCUT2D eigenvalue weighted by atomic mass is 32.2. The molecule has 1 heterocycles. The molecule has 1 atom stereocenters. The number of carbonyl (C=O) groups excluding carboxylic acids is 1. The van der Waals surface area contributed by atoms with Crippen LogP contribution in [-0.2, 0) is 14.6 Å². The van der Waals surface area contributed by atoms with Gasteiger partial charge in [-0.05, 0) is 19.9 Å². The highest BCUT2D eigenvalue weighted by molar-refractivity contribution is 7.91. The molecule has 1 fully saturated rings. The molecular weight excluding hydrogens is 228 g/mol. The topological polar surface area (TPSA) is 66.5 Å². The van der Waals surface area contributed by atoms with Crippen molar-refractivity contribution in [3.8, 4) is 0 Å². The van der Waals surface area contributed by atoms with E-state index < -0.39 is 9.84 Å². The van der Waals surface area contributed by atoms with Gasteiger partial charge < -0.3 is 10.2 Å². The lowest BCUT2D eigenvalue weighted by Crippen LogP contribution is -2.50. The van der Waals surface area contributed by atoms with Gasteiger partial charge in [0, 0.05) is 18.8 Å². The van der Waals surface area contributed by atoms with Crippen LogP contribution in [0.25, 0.3) is 0 Å². The summed E-state index contributed by atoms with van der Waals surface area (Å²) < 4.78 is 22.7. The molecule has 1 aliphatic rings. The molecule has 16 heavy (non-hydrogen) atoms. The average Bonchev–Trinajstić information content (AvgIpc) is 2.28. The largest absolute Gasteiger partial charge is 0.340 e. The predicted molar refractivity (Wildman–Crippen MR) is 63.0 cm³/mol. The fraction of sp³-hybridized carbons (Fsp3) is 0.900. The Morgan fingerprint density at radius 1 is 1.50 bits per heavy atom. The molecule has 1 unspecified atom stereocenters.